The molecule has 0 spiro atoms. The van der Waals surface area contributed by atoms with Crippen LogP contribution in [-0.4, -0.2) is 16.3 Å². The number of fused-ring (bicyclic) bond motifs is 2. The molecule has 4 aromatic carbocycles. The topological polar surface area (TPSA) is 35.5 Å². The van der Waals surface area contributed by atoms with Gasteiger partial charge in [-0.2, -0.15) is 0 Å². The fourth-order valence-corrected chi connectivity index (χ4v) is 5.55. The summed E-state index contributed by atoms with van der Waals surface area (Å²) in [5, 5.41) is 4.22. The monoisotopic (exact) mass is 538 g/mol. The van der Waals surface area contributed by atoms with Crippen molar-refractivity contribution >= 4 is 59.4 Å². The van der Waals surface area contributed by atoms with Crippen LogP contribution in [0, 0.1) is 5.41 Å². The van der Waals surface area contributed by atoms with E-state index in [1.165, 1.54) is 0 Å². The summed E-state index contributed by atoms with van der Waals surface area (Å²) in [6.07, 6.45) is 0.666. The zero-order valence-corrected chi connectivity index (χ0v) is 20.3. The fourth-order valence-electron chi connectivity index (χ4n) is 4.11. The fraction of sp³-hybridized carbons (Fsp3) is 0.192. The Morgan fingerprint density at radius 1 is 0.806 bits per heavy atom. The number of ether oxygens (including phenoxy) is 2. The van der Waals surface area contributed by atoms with Crippen molar-refractivity contribution < 1.29 is 14.3 Å². The lowest BCUT2D eigenvalue weighted by molar-refractivity contribution is -0.139. The number of rotatable bonds is 4. The molecule has 0 aliphatic heterocycles. The van der Waals surface area contributed by atoms with Gasteiger partial charge in [0.2, 0.25) is 0 Å². The molecular weight excluding hydrogens is 520 g/mol. The third-order valence-corrected chi connectivity index (χ3v) is 8.47. The molecule has 5 rings (SSSR count). The molecule has 31 heavy (non-hydrogen) atoms. The van der Waals surface area contributed by atoms with Crippen molar-refractivity contribution in [1.29, 1.82) is 0 Å². The number of alkyl halides is 2. The molecule has 0 N–H and O–H groups in total. The normalized spacial score (nSPS) is 19.4. The Morgan fingerprint density at radius 2 is 1.29 bits per heavy atom. The summed E-state index contributed by atoms with van der Waals surface area (Å²) in [6.45, 7) is 1.90. The summed E-state index contributed by atoms with van der Waals surface area (Å²) in [7, 11) is 1.67. The highest BCUT2D eigenvalue weighted by molar-refractivity contribution is 9.25. The molecule has 1 aliphatic rings. The van der Waals surface area contributed by atoms with Crippen LogP contribution in [0.5, 0.6) is 11.5 Å². The molecule has 1 fully saturated rings. The van der Waals surface area contributed by atoms with E-state index in [-0.39, 0.29) is 5.97 Å². The zero-order valence-electron chi connectivity index (χ0n) is 17.1. The van der Waals surface area contributed by atoms with Crippen LogP contribution in [0.15, 0.2) is 72.8 Å². The van der Waals surface area contributed by atoms with E-state index in [0.29, 0.717) is 12.2 Å². The largest absolute Gasteiger partial charge is 0.496 e. The Labute approximate surface area is 197 Å². The van der Waals surface area contributed by atoms with Crippen molar-refractivity contribution in [2.24, 2.45) is 5.41 Å². The third-order valence-electron chi connectivity index (χ3n) is 6.16. The molecule has 5 heteroatoms. The van der Waals surface area contributed by atoms with Crippen LogP contribution < -0.4 is 9.47 Å². The molecule has 0 aromatic heterocycles. The van der Waals surface area contributed by atoms with Gasteiger partial charge in [0.15, 0.2) is 0 Å². The Bertz CT molecular complexity index is 1350. The molecule has 4 aromatic rings. The summed E-state index contributed by atoms with van der Waals surface area (Å²) < 4.78 is 11.4. The smallest absolute Gasteiger partial charge is 0.319 e. The van der Waals surface area contributed by atoms with Crippen molar-refractivity contribution in [3.8, 4) is 22.6 Å². The zero-order chi connectivity index (χ0) is 21.8. The number of esters is 1. The van der Waals surface area contributed by atoms with Crippen molar-refractivity contribution in [3.63, 3.8) is 0 Å². The molecule has 0 radical (unpaired) electrons. The molecule has 3 nitrogen and oxygen atoms in total. The van der Waals surface area contributed by atoms with Gasteiger partial charge in [-0.15, -0.1) is 0 Å². The molecule has 156 valence electrons. The number of benzene rings is 4. The van der Waals surface area contributed by atoms with Crippen LogP contribution in [0.4, 0.5) is 0 Å². The SMILES string of the molecule is COc1ccc2ccccc2c1-c1c(OC(=O)[C@@]2(C)CC2(Br)Br)ccc2ccccc12. The summed E-state index contributed by atoms with van der Waals surface area (Å²) in [4.78, 5) is 13.1. The molecule has 1 saturated carbocycles. The van der Waals surface area contributed by atoms with E-state index in [0.717, 1.165) is 38.4 Å². The quantitative estimate of drug-likeness (QED) is 0.153. The Morgan fingerprint density at radius 3 is 1.81 bits per heavy atom. The highest BCUT2D eigenvalue weighted by Crippen LogP contribution is 2.66. The number of hydrogen-bond donors (Lipinski definition) is 0. The minimum atomic E-state index is -0.626. The molecule has 1 atom stereocenters. The first-order valence-electron chi connectivity index (χ1n) is 10.0. The third kappa shape index (κ3) is 3.26. The minimum Gasteiger partial charge on any atom is -0.496 e. The summed E-state index contributed by atoms with van der Waals surface area (Å²) in [5.41, 5.74) is 1.16. The average molecular weight is 540 g/mol. The number of carbonyl (C=O) groups is 1. The Kier molecular flexibility index (Phi) is 4.87. The second-order valence-corrected chi connectivity index (χ2v) is 11.9. The predicted molar refractivity (Wildman–Crippen MR) is 132 cm³/mol. The first kappa shape index (κ1) is 20.5. The average Bonchev–Trinajstić information content (AvgIpc) is 3.31. The molecule has 0 amide bonds. The van der Waals surface area contributed by atoms with Crippen molar-refractivity contribution in [3.05, 3.63) is 72.8 Å². The van der Waals surface area contributed by atoms with Crippen molar-refractivity contribution in [2.75, 3.05) is 7.11 Å². The van der Waals surface area contributed by atoms with Crippen LogP contribution in [0.3, 0.4) is 0 Å². The standard InChI is InChI=1S/C26H20Br2O3/c1-25(15-26(25,27)28)24(29)31-21-14-12-17-8-4-6-10-19(17)23(21)22-18-9-5-3-7-16(18)11-13-20(22)30-2/h3-14H,15H2,1-2H3/t25-/m1/s1. The minimum absolute atomic E-state index is 0.267. The number of hydrogen-bond acceptors (Lipinski definition) is 3. The van der Waals surface area contributed by atoms with Gasteiger partial charge in [0.1, 0.15) is 11.5 Å². The molecule has 1 aliphatic carbocycles. The highest BCUT2D eigenvalue weighted by Gasteiger charge is 2.68. The van der Waals surface area contributed by atoms with Gasteiger partial charge >= 0.3 is 5.97 Å². The van der Waals surface area contributed by atoms with Crippen LogP contribution in [0.2, 0.25) is 0 Å². The summed E-state index contributed by atoms with van der Waals surface area (Å²) in [5.74, 6) is 1.000. The second-order valence-electron chi connectivity index (χ2n) is 8.13. The predicted octanol–water partition coefficient (Wildman–Crippen LogP) is 7.47. The Hall–Kier alpha value is -2.37. The van der Waals surface area contributed by atoms with Crippen LogP contribution in [0.1, 0.15) is 13.3 Å². The van der Waals surface area contributed by atoms with Gasteiger partial charge in [-0.25, -0.2) is 0 Å². The van der Waals surface area contributed by atoms with Crippen LogP contribution in [-0.2, 0) is 4.79 Å². The maximum absolute atomic E-state index is 13.1. The van der Waals surface area contributed by atoms with E-state index in [2.05, 4.69) is 56.1 Å². The van der Waals surface area contributed by atoms with E-state index in [1.54, 1.807) is 7.11 Å². The maximum Gasteiger partial charge on any atom is 0.319 e. The molecule has 0 heterocycles. The van der Waals surface area contributed by atoms with Crippen molar-refractivity contribution in [2.45, 2.75) is 16.6 Å². The van der Waals surface area contributed by atoms with Gasteiger partial charge in [-0.1, -0.05) is 92.5 Å². The lowest BCUT2D eigenvalue weighted by atomic mass is 9.92. The number of methoxy groups -OCH3 is 1. The molecular formula is C26H20Br2O3. The van der Waals surface area contributed by atoms with E-state index in [9.17, 15) is 4.79 Å². The van der Waals surface area contributed by atoms with E-state index in [4.69, 9.17) is 9.47 Å². The van der Waals surface area contributed by atoms with Gasteiger partial charge in [0.25, 0.3) is 0 Å². The van der Waals surface area contributed by atoms with E-state index >= 15 is 0 Å². The number of halogens is 2. The van der Waals surface area contributed by atoms with Gasteiger partial charge in [-0.05, 0) is 47.0 Å². The van der Waals surface area contributed by atoms with E-state index in [1.807, 2.05) is 55.5 Å². The second kappa shape index (κ2) is 7.35. The molecule has 0 bridgehead atoms. The Balaban J connectivity index is 1.78. The highest BCUT2D eigenvalue weighted by atomic mass is 79.9. The van der Waals surface area contributed by atoms with Gasteiger partial charge in [-0.3, -0.25) is 4.79 Å². The molecule has 0 saturated heterocycles. The molecule has 0 unspecified atom stereocenters. The lowest BCUT2D eigenvalue weighted by Crippen LogP contribution is -2.23. The summed E-state index contributed by atoms with van der Waals surface area (Å²) in [6, 6.07) is 24.2. The van der Waals surface area contributed by atoms with E-state index < -0.39 is 8.65 Å². The summed E-state index contributed by atoms with van der Waals surface area (Å²) >= 11 is 7.15. The van der Waals surface area contributed by atoms with Gasteiger partial charge in [0, 0.05) is 11.1 Å². The van der Waals surface area contributed by atoms with Crippen molar-refractivity contribution in [1.82, 2.24) is 0 Å². The first-order valence-corrected chi connectivity index (χ1v) is 11.6. The van der Waals surface area contributed by atoms with Gasteiger partial charge in [0.05, 0.1) is 15.8 Å². The number of carbonyl (C=O) groups excluding carboxylic acids is 1. The van der Waals surface area contributed by atoms with Gasteiger partial charge < -0.3 is 9.47 Å². The maximum atomic E-state index is 13.1. The lowest BCUT2D eigenvalue weighted by Gasteiger charge is -2.19. The first-order chi connectivity index (χ1) is 14.9. The van der Waals surface area contributed by atoms with Crippen LogP contribution in [0.25, 0.3) is 32.7 Å². The van der Waals surface area contributed by atoms with Crippen LogP contribution >= 0.6 is 31.9 Å².